The van der Waals surface area contributed by atoms with E-state index in [1.54, 1.807) is 6.21 Å². The molecular weight excluding hydrogens is 232 g/mol. The van der Waals surface area contributed by atoms with Crippen molar-refractivity contribution in [2.24, 2.45) is 5.10 Å². The van der Waals surface area contributed by atoms with Crippen LogP contribution >= 0.6 is 0 Å². The molecule has 88 valence electrons. The van der Waals surface area contributed by atoms with E-state index in [9.17, 15) is 8.42 Å². The Kier molecular flexibility index (Phi) is 3.13. The van der Waals surface area contributed by atoms with Crippen molar-refractivity contribution in [3.8, 4) is 0 Å². The van der Waals surface area contributed by atoms with Gasteiger partial charge < -0.3 is 0 Å². The van der Waals surface area contributed by atoms with Crippen LogP contribution in [0.2, 0.25) is 0 Å². The summed E-state index contributed by atoms with van der Waals surface area (Å²) < 4.78 is 26.1. The Hall–Kier alpha value is -1.51. The first kappa shape index (κ1) is 11.0. The van der Waals surface area contributed by atoms with Crippen molar-refractivity contribution in [3.63, 3.8) is 0 Å². The molecule has 0 N–H and O–H groups in total. The van der Waals surface area contributed by atoms with E-state index in [1.807, 2.05) is 0 Å². The first-order chi connectivity index (χ1) is 7.68. The summed E-state index contributed by atoms with van der Waals surface area (Å²) in [7, 11) is -3.34. The summed E-state index contributed by atoms with van der Waals surface area (Å²) in [6, 6.07) is 0. The lowest BCUT2D eigenvalue weighted by atomic mass is 10.3. The van der Waals surface area contributed by atoms with Gasteiger partial charge in [-0.05, 0) is 23.3 Å². The minimum Gasteiger partial charge on any atom is -0.231 e. The summed E-state index contributed by atoms with van der Waals surface area (Å²) in [5.41, 5.74) is 0. The van der Waals surface area contributed by atoms with Gasteiger partial charge in [-0.15, -0.1) is 5.10 Å². The maximum Gasteiger partial charge on any atom is 0.251 e. The highest BCUT2D eigenvalue weighted by Gasteiger charge is 2.21. The predicted octanol–water partition coefficient (Wildman–Crippen LogP) is -0.915. The van der Waals surface area contributed by atoms with Gasteiger partial charge in [0.15, 0.2) is 0 Å². The smallest absolute Gasteiger partial charge is 0.231 e. The molecule has 1 aliphatic heterocycles. The molecule has 2 rings (SSSR count). The quantitative estimate of drug-likeness (QED) is 0.683. The minimum absolute atomic E-state index is 0.0463. The maximum atomic E-state index is 11.8. The van der Waals surface area contributed by atoms with Gasteiger partial charge in [0, 0.05) is 6.21 Å². The number of tetrazole rings is 1. The van der Waals surface area contributed by atoms with E-state index >= 15 is 0 Å². The summed E-state index contributed by atoms with van der Waals surface area (Å²) in [6.45, 7) is 0.690. The molecule has 2 heterocycles. The second-order valence-electron chi connectivity index (χ2n) is 3.37. The van der Waals surface area contributed by atoms with Crippen LogP contribution in [0.25, 0.3) is 0 Å². The summed E-state index contributed by atoms with van der Waals surface area (Å²) in [5.74, 6) is -0.0463. The number of hydrazone groups is 1. The number of aromatic nitrogens is 4. The molecule has 1 aliphatic rings. The van der Waals surface area contributed by atoms with Crippen LogP contribution in [0.15, 0.2) is 11.4 Å². The Bertz CT molecular complexity index is 453. The maximum absolute atomic E-state index is 11.8. The molecular formula is C7H12N6O2S. The summed E-state index contributed by atoms with van der Waals surface area (Å²) in [4.78, 5) is 0. The van der Waals surface area contributed by atoms with Gasteiger partial charge in [-0.2, -0.15) is 9.52 Å². The molecule has 0 radical (unpaired) electrons. The fraction of sp³-hybridized carbons (Fsp3) is 0.714. The van der Waals surface area contributed by atoms with E-state index in [0.29, 0.717) is 6.54 Å². The van der Waals surface area contributed by atoms with Gasteiger partial charge in [0.05, 0.1) is 18.8 Å². The third-order valence-corrected chi connectivity index (χ3v) is 3.80. The number of hydrogen-bond acceptors (Lipinski definition) is 6. The van der Waals surface area contributed by atoms with E-state index in [1.165, 1.54) is 11.0 Å². The van der Waals surface area contributed by atoms with Gasteiger partial charge in [-0.25, -0.2) is 13.1 Å². The van der Waals surface area contributed by atoms with Crippen LogP contribution in [0.4, 0.5) is 0 Å². The molecule has 0 atom stereocenters. The van der Waals surface area contributed by atoms with Gasteiger partial charge in [0.1, 0.15) is 6.33 Å². The molecule has 0 unspecified atom stereocenters. The van der Waals surface area contributed by atoms with E-state index in [-0.39, 0.29) is 12.3 Å². The molecule has 0 spiro atoms. The van der Waals surface area contributed by atoms with Crippen molar-refractivity contribution < 1.29 is 8.42 Å². The Morgan fingerprint density at radius 3 is 2.88 bits per heavy atom. The molecule has 16 heavy (non-hydrogen) atoms. The third kappa shape index (κ3) is 2.54. The van der Waals surface area contributed by atoms with Gasteiger partial charge in [-0.1, -0.05) is 0 Å². The van der Waals surface area contributed by atoms with Crippen LogP contribution in [0.5, 0.6) is 0 Å². The fourth-order valence-electron chi connectivity index (χ4n) is 1.33. The number of nitrogens with zero attached hydrogens (tertiary/aromatic N) is 6. The SMILES string of the molecule is O=S(=O)(CCn1cnnn1)N1CCCC=N1. The zero-order chi connectivity index (χ0) is 11.4. The van der Waals surface area contributed by atoms with Gasteiger partial charge in [-0.3, -0.25) is 0 Å². The van der Waals surface area contributed by atoms with Crippen molar-refractivity contribution in [2.45, 2.75) is 19.4 Å². The number of aryl methyl sites for hydroxylation is 1. The van der Waals surface area contributed by atoms with Crippen LogP contribution in [-0.4, -0.2) is 51.6 Å². The van der Waals surface area contributed by atoms with E-state index in [2.05, 4.69) is 20.6 Å². The van der Waals surface area contributed by atoms with E-state index < -0.39 is 10.0 Å². The molecule has 0 aromatic carbocycles. The molecule has 8 nitrogen and oxygen atoms in total. The second-order valence-corrected chi connectivity index (χ2v) is 5.37. The van der Waals surface area contributed by atoms with Crippen molar-refractivity contribution in [3.05, 3.63) is 6.33 Å². The van der Waals surface area contributed by atoms with E-state index in [4.69, 9.17) is 0 Å². The summed E-state index contributed by atoms with van der Waals surface area (Å²) in [5, 5.41) is 14.3. The third-order valence-electron chi connectivity index (χ3n) is 2.18. The second kappa shape index (κ2) is 4.56. The van der Waals surface area contributed by atoms with Crippen LogP contribution in [0.3, 0.4) is 0 Å². The normalized spacial score (nSPS) is 16.6. The monoisotopic (exact) mass is 244 g/mol. The van der Waals surface area contributed by atoms with Crippen molar-refractivity contribution in [1.29, 1.82) is 0 Å². The molecule has 1 aromatic heterocycles. The first-order valence-electron chi connectivity index (χ1n) is 4.92. The predicted molar refractivity (Wildman–Crippen MR) is 56.0 cm³/mol. The van der Waals surface area contributed by atoms with Crippen molar-refractivity contribution in [2.75, 3.05) is 12.3 Å². The molecule has 0 amide bonds. The average Bonchev–Trinajstić information content (AvgIpc) is 2.81. The largest absolute Gasteiger partial charge is 0.251 e. The lowest BCUT2D eigenvalue weighted by Gasteiger charge is -2.21. The standard InChI is InChI=1S/C7H12N6O2S/c14-16(15,13-4-2-1-3-9-13)6-5-12-7-8-10-11-12/h3,7H,1-2,4-6H2. The fourth-order valence-corrected chi connectivity index (χ4v) is 2.58. The molecule has 0 bridgehead atoms. The first-order valence-corrected chi connectivity index (χ1v) is 6.53. The highest BCUT2D eigenvalue weighted by atomic mass is 32.2. The van der Waals surface area contributed by atoms with Crippen LogP contribution in [0.1, 0.15) is 12.8 Å². The van der Waals surface area contributed by atoms with Crippen molar-refractivity contribution in [1.82, 2.24) is 24.6 Å². The molecule has 9 heteroatoms. The van der Waals surface area contributed by atoms with E-state index in [0.717, 1.165) is 17.3 Å². The van der Waals surface area contributed by atoms with Crippen LogP contribution in [-0.2, 0) is 16.6 Å². The Morgan fingerprint density at radius 2 is 2.25 bits per heavy atom. The molecule has 0 aliphatic carbocycles. The molecule has 0 saturated heterocycles. The van der Waals surface area contributed by atoms with Crippen LogP contribution in [0, 0.1) is 0 Å². The highest BCUT2D eigenvalue weighted by Crippen LogP contribution is 2.09. The zero-order valence-electron chi connectivity index (χ0n) is 8.60. The molecule has 0 fully saturated rings. The topological polar surface area (TPSA) is 93.3 Å². The van der Waals surface area contributed by atoms with Gasteiger partial charge in [0.2, 0.25) is 0 Å². The Balaban J connectivity index is 1.97. The van der Waals surface area contributed by atoms with Crippen LogP contribution < -0.4 is 0 Å². The average molecular weight is 244 g/mol. The van der Waals surface area contributed by atoms with Gasteiger partial charge in [0.25, 0.3) is 10.0 Å². The number of sulfonamides is 1. The lowest BCUT2D eigenvalue weighted by Crippen LogP contribution is -2.32. The summed E-state index contributed by atoms with van der Waals surface area (Å²) in [6.07, 6.45) is 4.65. The lowest BCUT2D eigenvalue weighted by molar-refractivity contribution is 0.411. The number of rotatable bonds is 4. The van der Waals surface area contributed by atoms with Gasteiger partial charge >= 0.3 is 0 Å². The Morgan fingerprint density at radius 1 is 1.38 bits per heavy atom. The minimum atomic E-state index is -3.34. The molecule has 1 aromatic rings. The van der Waals surface area contributed by atoms with Crippen molar-refractivity contribution >= 4 is 16.2 Å². The summed E-state index contributed by atoms with van der Waals surface area (Å²) >= 11 is 0. The zero-order valence-corrected chi connectivity index (χ0v) is 9.41. The number of hydrogen-bond donors (Lipinski definition) is 0. The highest BCUT2D eigenvalue weighted by molar-refractivity contribution is 7.89. The molecule has 0 saturated carbocycles. The Labute approximate surface area is 93.0 Å².